The maximum absolute atomic E-state index is 11.7. The quantitative estimate of drug-likeness (QED) is 0.269. The Bertz CT molecular complexity index is 579. The van der Waals surface area contributed by atoms with Crippen LogP contribution in [-0.4, -0.2) is 63.1 Å². The number of benzene rings is 1. The number of hydrogen-bond donors (Lipinski definition) is 3. The molecule has 0 fully saturated rings. The average molecular weight is 489 g/mol. The normalized spacial score (nSPS) is 12.3. The number of rotatable bonds is 10. The lowest BCUT2D eigenvalue weighted by molar-refractivity contribution is 0.0963. The molecule has 0 saturated heterocycles. The van der Waals surface area contributed by atoms with Crippen LogP contribution < -0.4 is 16.0 Å². The van der Waals surface area contributed by atoms with Gasteiger partial charge in [-0.1, -0.05) is 19.1 Å². The van der Waals surface area contributed by atoms with Crippen molar-refractivity contribution >= 4 is 35.8 Å². The molecule has 3 N–H and O–H groups in total. The number of aliphatic imine (C=N–C) groups is 1. The summed E-state index contributed by atoms with van der Waals surface area (Å²) in [6.07, 6.45) is 1.98. The Morgan fingerprint density at radius 1 is 1.26 bits per heavy atom. The summed E-state index contributed by atoms with van der Waals surface area (Å²) < 4.78 is 0. The molecule has 0 bridgehead atoms. The van der Waals surface area contributed by atoms with Crippen LogP contribution in [0.5, 0.6) is 0 Å². The van der Waals surface area contributed by atoms with Crippen molar-refractivity contribution in [3.05, 3.63) is 35.4 Å². The number of guanidine groups is 1. The van der Waals surface area contributed by atoms with Crippen LogP contribution >= 0.6 is 24.0 Å². The molecule has 0 aliphatic rings. The van der Waals surface area contributed by atoms with Gasteiger partial charge in [-0.25, -0.2) is 0 Å². The molecule has 6 nitrogen and oxygen atoms in total. The van der Waals surface area contributed by atoms with E-state index in [2.05, 4.69) is 53.7 Å². The van der Waals surface area contributed by atoms with Crippen LogP contribution in [0.25, 0.3) is 0 Å². The van der Waals surface area contributed by atoms with Crippen molar-refractivity contribution in [2.75, 3.05) is 40.3 Å². The first-order valence-corrected chi connectivity index (χ1v) is 9.55. The average Bonchev–Trinajstić information content (AvgIpc) is 2.66. The van der Waals surface area contributed by atoms with E-state index in [1.807, 2.05) is 24.3 Å². The first-order valence-electron chi connectivity index (χ1n) is 9.55. The molecular formula is C20H36IN5O. The third-order valence-corrected chi connectivity index (χ3v) is 4.53. The first-order chi connectivity index (χ1) is 12.5. The second-order valence-electron chi connectivity index (χ2n) is 6.45. The standard InChI is InChI=1S/C20H35N5O.HI/c1-6-16(3)25(5)14-13-24-20(22-7-2)23-12-11-17-9-8-10-18(15-17)19(26)21-4;/h8-10,15-16H,6-7,11-14H2,1-5H3,(H,21,26)(H2,22,23,24);1H. The van der Waals surface area contributed by atoms with Gasteiger partial charge in [0.2, 0.25) is 0 Å². The van der Waals surface area contributed by atoms with Crippen LogP contribution in [0, 0.1) is 0 Å². The lowest BCUT2D eigenvalue weighted by Gasteiger charge is -2.22. The van der Waals surface area contributed by atoms with Gasteiger partial charge in [0.25, 0.3) is 5.91 Å². The van der Waals surface area contributed by atoms with E-state index in [1.165, 1.54) is 0 Å². The predicted octanol–water partition coefficient (Wildman–Crippen LogP) is 2.49. The van der Waals surface area contributed by atoms with E-state index in [0.717, 1.165) is 50.5 Å². The largest absolute Gasteiger partial charge is 0.357 e. The molecule has 0 aliphatic carbocycles. The molecule has 1 amide bonds. The van der Waals surface area contributed by atoms with E-state index >= 15 is 0 Å². The third-order valence-electron chi connectivity index (χ3n) is 4.53. The number of carbonyl (C=O) groups is 1. The van der Waals surface area contributed by atoms with Gasteiger partial charge in [0.15, 0.2) is 5.96 Å². The van der Waals surface area contributed by atoms with Crippen molar-refractivity contribution in [3.8, 4) is 0 Å². The van der Waals surface area contributed by atoms with Gasteiger partial charge < -0.3 is 20.9 Å². The van der Waals surface area contributed by atoms with Gasteiger partial charge in [-0.3, -0.25) is 9.79 Å². The summed E-state index contributed by atoms with van der Waals surface area (Å²) in [7, 11) is 3.79. The minimum atomic E-state index is -0.0554. The molecular weight excluding hydrogens is 453 g/mol. The molecule has 27 heavy (non-hydrogen) atoms. The zero-order valence-corrected chi connectivity index (χ0v) is 19.7. The molecule has 154 valence electrons. The van der Waals surface area contributed by atoms with Crippen molar-refractivity contribution < 1.29 is 4.79 Å². The maximum Gasteiger partial charge on any atom is 0.251 e. The van der Waals surface area contributed by atoms with E-state index in [4.69, 9.17) is 0 Å². The Morgan fingerprint density at radius 3 is 2.63 bits per heavy atom. The molecule has 0 saturated carbocycles. The predicted molar refractivity (Wildman–Crippen MR) is 125 cm³/mol. The lowest BCUT2D eigenvalue weighted by Crippen LogP contribution is -2.39. The van der Waals surface area contributed by atoms with Gasteiger partial charge in [0, 0.05) is 38.3 Å². The summed E-state index contributed by atoms with van der Waals surface area (Å²) in [5, 5.41) is 9.31. The number of nitrogens with zero attached hydrogens (tertiary/aromatic N) is 2. The van der Waals surface area contributed by atoms with Crippen LogP contribution in [0.4, 0.5) is 0 Å². The van der Waals surface area contributed by atoms with E-state index < -0.39 is 0 Å². The van der Waals surface area contributed by atoms with E-state index in [9.17, 15) is 4.79 Å². The van der Waals surface area contributed by atoms with Crippen LogP contribution in [0.3, 0.4) is 0 Å². The van der Waals surface area contributed by atoms with Crippen LogP contribution in [0.15, 0.2) is 29.3 Å². The molecule has 1 aromatic carbocycles. The zero-order chi connectivity index (χ0) is 19.4. The fourth-order valence-corrected chi connectivity index (χ4v) is 2.53. The second-order valence-corrected chi connectivity index (χ2v) is 6.45. The molecule has 0 spiro atoms. The van der Waals surface area contributed by atoms with E-state index in [0.29, 0.717) is 11.6 Å². The molecule has 1 atom stereocenters. The third kappa shape index (κ3) is 9.95. The van der Waals surface area contributed by atoms with Gasteiger partial charge in [0.1, 0.15) is 0 Å². The van der Waals surface area contributed by atoms with Crippen LogP contribution in [0.2, 0.25) is 0 Å². The van der Waals surface area contributed by atoms with Gasteiger partial charge in [0.05, 0.1) is 6.54 Å². The smallest absolute Gasteiger partial charge is 0.251 e. The maximum atomic E-state index is 11.7. The number of amides is 1. The summed E-state index contributed by atoms with van der Waals surface area (Å²) >= 11 is 0. The minimum absolute atomic E-state index is 0. The molecule has 1 rings (SSSR count). The highest BCUT2D eigenvalue weighted by atomic mass is 127. The van der Waals surface area contributed by atoms with Crippen molar-refractivity contribution in [2.24, 2.45) is 4.99 Å². The van der Waals surface area contributed by atoms with Crippen molar-refractivity contribution in [2.45, 2.75) is 39.7 Å². The number of hydrogen-bond acceptors (Lipinski definition) is 3. The number of likely N-dealkylation sites (N-methyl/N-ethyl adjacent to an activating group) is 1. The fourth-order valence-electron chi connectivity index (χ4n) is 2.53. The molecule has 0 aliphatic heterocycles. The lowest BCUT2D eigenvalue weighted by atomic mass is 10.1. The first kappa shape index (κ1) is 25.6. The van der Waals surface area contributed by atoms with Gasteiger partial charge >= 0.3 is 0 Å². The Hall–Kier alpha value is -1.35. The monoisotopic (exact) mass is 489 g/mol. The highest BCUT2D eigenvalue weighted by Crippen LogP contribution is 2.05. The zero-order valence-electron chi connectivity index (χ0n) is 17.3. The van der Waals surface area contributed by atoms with Crippen molar-refractivity contribution in [3.63, 3.8) is 0 Å². The minimum Gasteiger partial charge on any atom is -0.357 e. The summed E-state index contributed by atoms with van der Waals surface area (Å²) in [6, 6.07) is 8.30. The summed E-state index contributed by atoms with van der Waals surface area (Å²) in [5.41, 5.74) is 1.82. The number of carbonyl (C=O) groups excluding carboxylic acids is 1. The van der Waals surface area contributed by atoms with E-state index in [1.54, 1.807) is 7.05 Å². The highest BCUT2D eigenvalue weighted by Gasteiger charge is 2.06. The Labute approximate surface area is 181 Å². The highest BCUT2D eigenvalue weighted by molar-refractivity contribution is 14.0. The Balaban J connectivity index is 0.00000676. The fraction of sp³-hybridized carbons (Fsp3) is 0.600. The van der Waals surface area contributed by atoms with Gasteiger partial charge in [-0.05, 0) is 51.4 Å². The molecule has 0 aromatic heterocycles. The SMILES string of the molecule is CCNC(=NCCN(C)C(C)CC)NCCc1cccc(C(=O)NC)c1.I. The van der Waals surface area contributed by atoms with Crippen LogP contribution in [-0.2, 0) is 6.42 Å². The van der Waals surface area contributed by atoms with E-state index in [-0.39, 0.29) is 29.9 Å². The van der Waals surface area contributed by atoms with Crippen LogP contribution in [0.1, 0.15) is 43.1 Å². The number of nitrogens with one attached hydrogen (secondary N) is 3. The molecule has 0 radical (unpaired) electrons. The topological polar surface area (TPSA) is 68.8 Å². The van der Waals surface area contributed by atoms with Crippen molar-refractivity contribution in [1.29, 1.82) is 0 Å². The summed E-state index contributed by atoms with van der Waals surface area (Å²) in [6.45, 7) is 9.82. The Kier molecular flexibility index (Phi) is 13.9. The summed E-state index contributed by atoms with van der Waals surface area (Å²) in [5.74, 6) is 0.785. The molecule has 7 heteroatoms. The molecule has 1 unspecified atom stereocenters. The summed E-state index contributed by atoms with van der Waals surface area (Å²) in [4.78, 5) is 18.7. The van der Waals surface area contributed by atoms with Crippen molar-refractivity contribution in [1.82, 2.24) is 20.9 Å². The molecule has 0 heterocycles. The number of halogens is 1. The molecule has 1 aromatic rings. The van der Waals surface area contributed by atoms with Gasteiger partial charge in [-0.15, -0.1) is 24.0 Å². The second kappa shape index (κ2) is 14.7. The van der Waals surface area contributed by atoms with Gasteiger partial charge in [-0.2, -0.15) is 0 Å². The Morgan fingerprint density at radius 2 is 2.00 bits per heavy atom.